The summed E-state index contributed by atoms with van der Waals surface area (Å²) in [4.78, 5) is 20.6. The molecular formula is C24H19N5O4. The van der Waals surface area contributed by atoms with Crippen LogP contribution in [0.5, 0.6) is 0 Å². The topological polar surface area (TPSA) is 122 Å². The fourth-order valence-corrected chi connectivity index (χ4v) is 3.11. The van der Waals surface area contributed by atoms with Gasteiger partial charge in [0, 0.05) is 58.4 Å². The Kier molecular flexibility index (Phi) is 6.12. The largest absolute Gasteiger partial charge is 0.356 e. The molecule has 0 aliphatic heterocycles. The van der Waals surface area contributed by atoms with Crippen LogP contribution in [0.15, 0.2) is 97.1 Å². The van der Waals surface area contributed by atoms with Crippen LogP contribution >= 0.6 is 0 Å². The minimum Gasteiger partial charge on any atom is -0.356 e. The van der Waals surface area contributed by atoms with Gasteiger partial charge in [0.2, 0.25) is 0 Å². The van der Waals surface area contributed by atoms with Crippen molar-refractivity contribution in [2.75, 3.05) is 16.0 Å². The summed E-state index contributed by atoms with van der Waals surface area (Å²) < 4.78 is 0. The molecule has 0 unspecified atom stereocenters. The van der Waals surface area contributed by atoms with Crippen LogP contribution in [-0.4, -0.2) is 9.85 Å². The lowest BCUT2D eigenvalue weighted by atomic mass is 10.2. The summed E-state index contributed by atoms with van der Waals surface area (Å²) >= 11 is 0. The summed E-state index contributed by atoms with van der Waals surface area (Å²) in [6.07, 6.45) is 0. The number of nitrogens with zero attached hydrogens (tertiary/aromatic N) is 2. The molecule has 0 saturated carbocycles. The van der Waals surface area contributed by atoms with Crippen molar-refractivity contribution in [3.8, 4) is 0 Å². The second-order valence-corrected chi connectivity index (χ2v) is 7.14. The third kappa shape index (κ3) is 5.61. The number of anilines is 6. The molecule has 0 atom stereocenters. The average Bonchev–Trinajstić information content (AvgIpc) is 2.82. The molecule has 33 heavy (non-hydrogen) atoms. The van der Waals surface area contributed by atoms with Gasteiger partial charge in [0.15, 0.2) is 0 Å². The zero-order valence-electron chi connectivity index (χ0n) is 17.3. The van der Waals surface area contributed by atoms with Crippen molar-refractivity contribution in [1.29, 1.82) is 0 Å². The van der Waals surface area contributed by atoms with Crippen LogP contribution in [-0.2, 0) is 0 Å². The van der Waals surface area contributed by atoms with Gasteiger partial charge in [0.25, 0.3) is 11.4 Å². The second kappa shape index (κ2) is 9.48. The van der Waals surface area contributed by atoms with Crippen molar-refractivity contribution >= 4 is 45.5 Å². The second-order valence-electron chi connectivity index (χ2n) is 7.14. The normalized spacial score (nSPS) is 10.3. The standard InChI is InChI=1S/C24H19N5O4/c30-28(31)23-13-9-21(10-14-23)26-19-5-1-17(2-6-19)25-18-3-7-20(8-4-18)27-22-11-15-24(16-12-22)29(32)33/h1-16,25-27H. The van der Waals surface area contributed by atoms with Crippen molar-refractivity contribution in [3.63, 3.8) is 0 Å². The smallest absolute Gasteiger partial charge is 0.269 e. The van der Waals surface area contributed by atoms with Crippen molar-refractivity contribution in [2.45, 2.75) is 0 Å². The van der Waals surface area contributed by atoms with Crippen LogP contribution in [0, 0.1) is 20.2 Å². The molecule has 9 heteroatoms. The quantitative estimate of drug-likeness (QED) is 0.204. The Morgan fingerprint density at radius 1 is 0.394 bits per heavy atom. The van der Waals surface area contributed by atoms with Crippen LogP contribution in [0.2, 0.25) is 0 Å². The molecule has 9 nitrogen and oxygen atoms in total. The molecule has 4 rings (SSSR count). The van der Waals surface area contributed by atoms with Gasteiger partial charge < -0.3 is 16.0 Å². The first kappa shape index (κ1) is 21.3. The van der Waals surface area contributed by atoms with Crippen molar-refractivity contribution < 1.29 is 9.85 Å². The van der Waals surface area contributed by atoms with Gasteiger partial charge >= 0.3 is 0 Å². The molecule has 0 aliphatic carbocycles. The molecule has 4 aromatic carbocycles. The van der Waals surface area contributed by atoms with E-state index in [0.717, 1.165) is 34.1 Å². The first-order chi connectivity index (χ1) is 16.0. The van der Waals surface area contributed by atoms with E-state index >= 15 is 0 Å². The fourth-order valence-electron chi connectivity index (χ4n) is 3.11. The van der Waals surface area contributed by atoms with Gasteiger partial charge in [-0.15, -0.1) is 0 Å². The lowest BCUT2D eigenvalue weighted by Crippen LogP contribution is -1.94. The lowest BCUT2D eigenvalue weighted by Gasteiger charge is -2.11. The molecule has 3 N–H and O–H groups in total. The van der Waals surface area contributed by atoms with E-state index in [2.05, 4.69) is 16.0 Å². The summed E-state index contributed by atoms with van der Waals surface area (Å²) in [7, 11) is 0. The summed E-state index contributed by atoms with van der Waals surface area (Å²) in [6.45, 7) is 0. The highest BCUT2D eigenvalue weighted by Gasteiger charge is 2.05. The van der Waals surface area contributed by atoms with Crippen LogP contribution in [0.25, 0.3) is 0 Å². The van der Waals surface area contributed by atoms with Crippen LogP contribution in [0.4, 0.5) is 45.5 Å². The predicted octanol–water partition coefficient (Wildman–Crippen LogP) is 6.73. The summed E-state index contributed by atoms with van der Waals surface area (Å²) in [5.74, 6) is 0. The maximum atomic E-state index is 10.7. The third-order valence-electron chi connectivity index (χ3n) is 4.79. The molecule has 0 saturated heterocycles. The summed E-state index contributed by atoms with van der Waals surface area (Å²) in [5, 5.41) is 31.2. The van der Waals surface area contributed by atoms with Gasteiger partial charge in [-0.3, -0.25) is 20.2 Å². The highest BCUT2D eigenvalue weighted by molar-refractivity contribution is 5.69. The molecule has 4 aromatic rings. The van der Waals surface area contributed by atoms with Gasteiger partial charge in [-0.25, -0.2) is 0 Å². The maximum absolute atomic E-state index is 10.7. The monoisotopic (exact) mass is 441 g/mol. The lowest BCUT2D eigenvalue weighted by molar-refractivity contribution is -0.385. The van der Waals surface area contributed by atoms with Crippen molar-refractivity contribution in [2.24, 2.45) is 0 Å². The predicted molar refractivity (Wildman–Crippen MR) is 129 cm³/mol. The molecule has 0 fully saturated rings. The Hall–Kier alpha value is -4.92. The van der Waals surface area contributed by atoms with Gasteiger partial charge in [-0.2, -0.15) is 0 Å². The number of nitro benzene ring substituents is 2. The zero-order chi connectivity index (χ0) is 23.2. The molecule has 0 spiro atoms. The number of nitro groups is 2. The summed E-state index contributed by atoms with van der Waals surface area (Å²) in [6, 6.07) is 27.8. The van der Waals surface area contributed by atoms with Gasteiger partial charge in [0.1, 0.15) is 0 Å². The zero-order valence-corrected chi connectivity index (χ0v) is 17.3. The van der Waals surface area contributed by atoms with Gasteiger partial charge in [-0.05, 0) is 72.8 Å². The van der Waals surface area contributed by atoms with E-state index in [9.17, 15) is 20.2 Å². The Labute approximate surface area is 189 Å². The Balaban J connectivity index is 1.34. The Morgan fingerprint density at radius 3 is 0.758 bits per heavy atom. The number of hydrogen-bond acceptors (Lipinski definition) is 7. The van der Waals surface area contributed by atoms with Crippen LogP contribution in [0.3, 0.4) is 0 Å². The number of rotatable bonds is 8. The molecule has 164 valence electrons. The molecule has 0 aliphatic rings. The molecule has 0 amide bonds. The minimum atomic E-state index is -0.428. The van der Waals surface area contributed by atoms with E-state index in [1.807, 2.05) is 48.5 Å². The SMILES string of the molecule is O=[N+]([O-])c1ccc(Nc2ccc(Nc3ccc(Nc4ccc([N+](=O)[O-])cc4)cc3)cc2)cc1. The Morgan fingerprint density at radius 2 is 0.576 bits per heavy atom. The molecular weight excluding hydrogens is 422 g/mol. The van der Waals surface area contributed by atoms with Gasteiger partial charge in [-0.1, -0.05) is 0 Å². The first-order valence-corrected chi connectivity index (χ1v) is 9.96. The molecule has 0 bridgehead atoms. The number of non-ortho nitro benzene ring substituents is 2. The first-order valence-electron chi connectivity index (χ1n) is 9.96. The van der Waals surface area contributed by atoms with Crippen LogP contribution < -0.4 is 16.0 Å². The highest BCUT2D eigenvalue weighted by Crippen LogP contribution is 2.25. The molecule has 0 aromatic heterocycles. The van der Waals surface area contributed by atoms with Crippen molar-refractivity contribution in [1.82, 2.24) is 0 Å². The molecule has 0 heterocycles. The van der Waals surface area contributed by atoms with E-state index in [1.54, 1.807) is 24.3 Å². The highest BCUT2D eigenvalue weighted by atomic mass is 16.6. The number of hydrogen-bond donors (Lipinski definition) is 3. The van der Waals surface area contributed by atoms with Gasteiger partial charge in [0.05, 0.1) is 9.85 Å². The maximum Gasteiger partial charge on any atom is 0.269 e. The average molecular weight is 441 g/mol. The van der Waals surface area contributed by atoms with E-state index in [0.29, 0.717) is 0 Å². The van der Waals surface area contributed by atoms with E-state index in [-0.39, 0.29) is 11.4 Å². The fraction of sp³-hybridized carbons (Fsp3) is 0. The van der Waals surface area contributed by atoms with E-state index in [4.69, 9.17) is 0 Å². The van der Waals surface area contributed by atoms with E-state index < -0.39 is 9.85 Å². The summed E-state index contributed by atoms with van der Waals surface area (Å²) in [5.41, 5.74) is 5.15. The number of benzene rings is 4. The third-order valence-corrected chi connectivity index (χ3v) is 4.79. The number of nitrogens with one attached hydrogen (secondary N) is 3. The Bertz CT molecular complexity index is 1160. The van der Waals surface area contributed by atoms with Crippen molar-refractivity contribution in [3.05, 3.63) is 117 Å². The molecule has 0 radical (unpaired) electrons. The van der Waals surface area contributed by atoms with Crippen LogP contribution in [0.1, 0.15) is 0 Å². The van der Waals surface area contributed by atoms with E-state index in [1.165, 1.54) is 24.3 Å². The minimum absolute atomic E-state index is 0.0501.